The van der Waals surface area contributed by atoms with Crippen LogP contribution >= 0.6 is 0 Å². The number of nitrogens with one attached hydrogen (secondary N) is 2. The molecule has 1 aliphatic heterocycles. The second kappa shape index (κ2) is 6.32. The summed E-state index contributed by atoms with van der Waals surface area (Å²) in [5, 5.41) is 2.06. The lowest BCUT2D eigenvalue weighted by Crippen LogP contribution is -2.46. The van der Waals surface area contributed by atoms with Crippen molar-refractivity contribution >= 4 is 16.0 Å². The van der Waals surface area contributed by atoms with E-state index in [1.807, 2.05) is 0 Å². The molecule has 7 heteroatoms. The van der Waals surface area contributed by atoms with E-state index in [1.54, 1.807) is 0 Å². The van der Waals surface area contributed by atoms with E-state index in [-0.39, 0.29) is 6.04 Å². The van der Waals surface area contributed by atoms with Gasteiger partial charge in [-0.25, -0.2) is 13.1 Å². The van der Waals surface area contributed by atoms with E-state index in [1.165, 1.54) is 14.0 Å². The van der Waals surface area contributed by atoms with Crippen LogP contribution < -0.4 is 10.0 Å². The molecule has 0 radical (unpaired) electrons. The van der Waals surface area contributed by atoms with Crippen molar-refractivity contribution in [3.63, 3.8) is 0 Å². The Morgan fingerprint density at radius 3 is 2.76 bits per heavy atom. The Morgan fingerprint density at radius 2 is 2.24 bits per heavy atom. The fourth-order valence-corrected chi connectivity index (χ4v) is 2.77. The fourth-order valence-electron chi connectivity index (χ4n) is 1.73. The van der Waals surface area contributed by atoms with E-state index in [0.717, 1.165) is 25.8 Å². The van der Waals surface area contributed by atoms with Crippen molar-refractivity contribution < 1.29 is 17.9 Å². The zero-order chi connectivity index (χ0) is 12.9. The van der Waals surface area contributed by atoms with Gasteiger partial charge in [0.1, 0.15) is 0 Å². The Labute approximate surface area is 102 Å². The molecule has 0 spiro atoms. The number of hydrogen-bond acceptors (Lipinski definition) is 5. The van der Waals surface area contributed by atoms with Crippen molar-refractivity contribution in [3.05, 3.63) is 0 Å². The molecule has 1 fully saturated rings. The molecular formula is C10H20N2O4S. The Hall–Kier alpha value is -0.660. The van der Waals surface area contributed by atoms with E-state index in [2.05, 4.69) is 14.8 Å². The van der Waals surface area contributed by atoms with Gasteiger partial charge in [0.05, 0.1) is 7.11 Å². The number of piperidine rings is 1. The summed E-state index contributed by atoms with van der Waals surface area (Å²) in [6.45, 7) is 2.56. The predicted octanol–water partition coefficient (Wildman–Crippen LogP) is -0.391. The SMILES string of the molecule is COC(=O)C(C)S(=O)(=O)NCC1CCCCN1. The number of sulfonamides is 1. The van der Waals surface area contributed by atoms with Crippen LogP contribution in [0.3, 0.4) is 0 Å². The first kappa shape index (κ1) is 14.4. The van der Waals surface area contributed by atoms with Crippen molar-refractivity contribution in [2.45, 2.75) is 37.5 Å². The Morgan fingerprint density at radius 1 is 1.53 bits per heavy atom. The summed E-state index contributed by atoms with van der Waals surface area (Å²) >= 11 is 0. The Kier molecular flexibility index (Phi) is 5.35. The van der Waals surface area contributed by atoms with Gasteiger partial charge >= 0.3 is 5.97 Å². The number of esters is 1. The molecule has 0 bridgehead atoms. The molecule has 100 valence electrons. The zero-order valence-electron chi connectivity index (χ0n) is 10.2. The molecule has 1 heterocycles. The number of methoxy groups -OCH3 is 1. The van der Waals surface area contributed by atoms with Crippen LogP contribution in [0, 0.1) is 0 Å². The van der Waals surface area contributed by atoms with Crippen molar-refractivity contribution in [1.82, 2.24) is 10.0 Å². The summed E-state index contributed by atoms with van der Waals surface area (Å²) in [7, 11) is -2.46. The van der Waals surface area contributed by atoms with E-state index in [0.29, 0.717) is 6.54 Å². The fraction of sp³-hybridized carbons (Fsp3) is 0.900. The molecule has 1 rings (SSSR count). The zero-order valence-corrected chi connectivity index (χ0v) is 11.0. The molecule has 0 aromatic carbocycles. The van der Waals surface area contributed by atoms with Gasteiger partial charge in [-0.1, -0.05) is 6.42 Å². The summed E-state index contributed by atoms with van der Waals surface area (Å²) in [6, 6.07) is 0.156. The smallest absolute Gasteiger partial charge is 0.325 e. The van der Waals surface area contributed by atoms with Gasteiger partial charge in [-0.3, -0.25) is 4.79 Å². The predicted molar refractivity (Wildman–Crippen MR) is 64.0 cm³/mol. The Bertz CT molecular complexity index is 349. The number of carbonyl (C=O) groups excluding carboxylic acids is 1. The first-order valence-corrected chi connectivity index (χ1v) is 7.31. The van der Waals surface area contributed by atoms with Crippen LogP contribution in [0.1, 0.15) is 26.2 Å². The highest BCUT2D eigenvalue weighted by Gasteiger charge is 2.29. The van der Waals surface area contributed by atoms with Crippen LogP contribution in [0.25, 0.3) is 0 Å². The minimum atomic E-state index is -3.64. The lowest BCUT2D eigenvalue weighted by molar-refractivity contribution is -0.139. The van der Waals surface area contributed by atoms with Crippen LogP contribution in [0.15, 0.2) is 0 Å². The van der Waals surface area contributed by atoms with Gasteiger partial charge < -0.3 is 10.1 Å². The third kappa shape index (κ3) is 4.25. The molecule has 0 aliphatic carbocycles. The highest BCUT2D eigenvalue weighted by molar-refractivity contribution is 7.90. The van der Waals surface area contributed by atoms with Crippen LogP contribution in [-0.4, -0.2) is 45.9 Å². The molecule has 17 heavy (non-hydrogen) atoms. The van der Waals surface area contributed by atoms with E-state index in [9.17, 15) is 13.2 Å². The van der Waals surface area contributed by atoms with Crippen LogP contribution in [0.2, 0.25) is 0 Å². The number of ether oxygens (including phenoxy) is 1. The van der Waals surface area contributed by atoms with Gasteiger partial charge in [0, 0.05) is 12.6 Å². The van der Waals surface area contributed by atoms with E-state index < -0.39 is 21.2 Å². The molecule has 0 aromatic heterocycles. The minimum Gasteiger partial charge on any atom is -0.468 e. The maximum absolute atomic E-state index is 11.7. The van der Waals surface area contributed by atoms with Crippen LogP contribution in [0.5, 0.6) is 0 Å². The summed E-state index contributed by atoms with van der Waals surface area (Å²) in [5.41, 5.74) is 0. The average Bonchev–Trinajstić information content (AvgIpc) is 2.36. The first-order chi connectivity index (χ1) is 7.97. The standard InChI is InChI=1S/C10H20N2O4S/c1-8(10(13)16-2)17(14,15)12-7-9-5-3-4-6-11-9/h8-9,11-12H,3-7H2,1-2H3. The van der Waals surface area contributed by atoms with Gasteiger partial charge in [-0.05, 0) is 26.3 Å². The third-order valence-corrected chi connectivity index (χ3v) is 4.63. The number of rotatable bonds is 5. The van der Waals surface area contributed by atoms with Crippen molar-refractivity contribution in [1.29, 1.82) is 0 Å². The maximum Gasteiger partial charge on any atom is 0.325 e. The second-order valence-corrected chi connectivity index (χ2v) is 6.29. The van der Waals surface area contributed by atoms with Gasteiger partial charge in [-0.2, -0.15) is 0 Å². The van der Waals surface area contributed by atoms with Gasteiger partial charge in [-0.15, -0.1) is 0 Å². The highest BCUT2D eigenvalue weighted by Crippen LogP contribution is 2.07. The summed E-state index contributed by atoms with van der Waals surface area (Å²) in [6.07, 6.45) is 3.18. The van der Waals surface area contributed by atoms with Gasteiger partial charge in [0.2, 0.25) is 10.0 Å². The van der Waals surface area contributed by atoms with E-state index in [4.69, 9.17) is 0 Å². The van der Waals surface area contributed by atoms with Crippen molar-refractivity contribution in [2.24, 2.45) is 0 Å². The molecule has 0 amide bonds. The lowest BCUT2D eigenvalue weighted by Gasteiger charge is -2.24. The van der Waals surface area contributed by atoms with Crippen LogP contribution in [-0.2, 0) is 19.6 Å². The third-order valence-electron chi connectivity index (χ3n) is 2.94. The summed E-state index contributed by atoms with van der Waals surface area (Å²) in [5.74, 6) is -0.742. The molecule has 2 atom stereocenters. The van der Waals surface area contributed by atoms with Gasteiger partial charge in [0.15, 0.2) is 5.25 Å². The molecule has 2 unspecified atom stereocenters. The maximum atomic E-state index is 11.7. The number of hydrogen-bond donors (Lipinski definition) is 2. The van der Waals surface area contributed by atoms with E-state index >= 15 is 0 Å². The minimum absolute atomic E-state index is 0.156. The quantitative estimate of drug-likeness (QED) is 0.661. The number of carbonyl (C=O) groups is 1. The molecule has 0 saturated carbocycles. The van der Waals surface area contributed by atoms with Crippen molar-refractivity contribution in [3.8, 4) is 0 Å². The van der Waals surface area contributed by atoms with Crippen LogP contribution in [0.4, 0.5) is 0 Å². The molecule has 1 saturated heterocycles. The summed E-state index contributed by atoms with van der Waals surface area (Å²) in [4.78, 5) is 11.2. The topological polar surface area (TPSA) is 84.5 Å². The largest absolute Gasteiger partial charge is 0.468 e. The average molecular weight is 264 g/mol. The summed E-state index contributed by atoms with van der Waals surface area (Å²) < 4.78 is 30.3. The Balaban J connectivity index is 2.46. The molecule has 2 N–H and O–H groups in total. The highest BCUT2D eigenvalue weighted by atomic mass is 32.2. The second-order valence-electron chi connectivity index (χ2n) is 4.21. The van der Waals surface area contributed by atoms with Crippen molar-refractivity contribution in [2.75, 3.05) is 20.2 Å². The molecule has 6 nitrogen and oxygen atoms in total. The molecule has 0 aromatic rings. The lowest BCUT2D eigenvalue weighted by atomic mass is 10.1. The van der Waals surface area contributed by atoms with Gasteiger partial charge in [0.25, 0.3) is 0 Å². The molecule has 1 aliphatic rings. The first-order valence-electron chi connectivity index (χ1n) is 5.77. The normalized spacial score (nSPS) is 23.1. The molecular weight excluding hydrogens is 244 g/mol. The monoisotopic (exact) mass is 264 g/mol.